The van der Waals surface area contributed by atoms with Crippen LogP contribution in [-0.4, -0.2) is 29.7 Å². The van der Waals surface area contributed by atoms with Gasteiger partial charge in [-0.1, -0.05) is 6.07 Å². The van der Waals surface area contributed by atoms with Crippen LogP contribution in [0.4, 0.5) is 0 Å². The Bertz CT molecular complexity index is 355. The van der Waals surface area contributed by atoms with Gasteiger partial charge in [-0.25, -0.2) is 4.98 Å². The highest BCUT2D eigenvalue weighted by Gasteiger charge is 2.05. The van der Waals surface area contributed by atoms with Gasteiger partial charge in [0.15, 0.2) is 0 Å². The summed E-state index contributed by atoms with van der Waals surface area (Å²) in [5, 5.41) is 11.4. The predicted molar refractivity (Wildman–Crippen MR) is 63.6 cm³/mol. The fraction of sp³-hybridized carbons (Fsp3) is 0.500. The largest absolute Gasteiger partial charge is 0.481 e. The van der Waals surface area contributed by atoms with E-state index in [0.29, 0.717) is 31.7 Å². The van der Waals surface area contributed by atoms with Gasteiger partial charge in [0, 0.05) is 31.3 Å². The van der Waals surface area contributed by atoms with E-state index in [0.717, 1.165) is 5.56 Å². The van der Waals surface area contributed by atoms with Gasteiger partial charge in [-0.15, -0.1) is 0 Å². The Hall–Kier alpha value is -1.62. The predicted octanol–water partition coefficient (Wildman–Crippen LogP) is 0.869. The minimum Gasteiger partial charge on any atom is -0.481 e. The molecule has 1 aromatic heterocycles. The van der Waals surface area contributed by atoms with Crippen LogP contribution in [0.1, 0.15) is 24.8 Å². The first-order valence-corrected chi connectivity index (χ1v) is 5.63. The van der Waals surface area contributed by atoms with Gasteiger partial charge < -0.3 is 15.2 Å². The minimum absolute atomic E-state index is 0.0237. The molecular formula is C12H18N2O3. The Labute approximate surface area is 101 Å². The van der Waals surface area contributed by atoms with Crippen LogP contribution in [0.2, 0.25) is 0 Å². The van der Waals surface area contributed by atoms with E-state index in [2.05, 4.69) is 10.3 Å². The van der Waals surface area contributed by atoms with Gasteiger partial charge in [0.1, 0.15) is 0 Å². The SMILES string of the molecule is COc1ncccc1CNC(=O)CCCCO. The summed E-state index contributed by atoms with van der Waals surface area (Å²) in [6, 6.07) is 3.66. The Balaban J connectivity index is 2.36. The highest BCUT2D eigenvalue weighted by Crippen LogP contribution is 2.12. The second kappa shape index (κ2) is 7.62. The van der Waals surface area contributed by atoms with Gasteiger partial charge in [-0.3, -0.25) is 4.79 Å². The number of ether oxygens (including phenoxy) is 1. The minimum atomic E-state index is -0.0237. The van der Waals surface area contributed by atoms with Crippen LogP contribution in [0.3, 0.4) is 0 Å². The van der Waals surface area contributed by atoms with Crippen molar-refractivity contribution in [1.82, 2.24) is 10.3 Å². The summed E-state index contributed by atoms with van der Waals surface area (Å²) in [5.74, 6) is 0.507. The molecule has 0 spiro atoms. The van der Waals surface area contributed by atoms with Crippen LogP contribution in [0.15, 0.2) is 18.3 Å². The van der Waals surface area contributed by atoms with E-state index in [-0.39, 0.29) is 12.5 Å². The Morgan fingerprint density at radius 1 is 1.53 bits per heavy atom. The van der Waals surface area contributed by atoms with E-state index in [9.17, 15) is 4.79 Å². The highest BCUT2D eigenvalue weighted by molar-refractivity contribution is 5.75. The topological polar surface area (TPSA) is 71.5 Å². The van der Waals surface area contributed by atoms with Gasteiger partial charge in [0.2, 0.25) is 11.8 Å². The number of amides is 1. The molecule has 0 fully saturated rings. The average Bonchev–Trinajstić information content (AvgIpc) is 2.37. The maximum Gasteiger partial charge on any atom is 0.220 e. The van der Waals surface area contributed by atoms with Crippen LogP contribution in [-0.2, 0) is 11.3 Å². The molecule has 1 heterocycles. The zero-order chi connectivity index (χ0) is 12.5. The van der Waals surface area contributed by atoms with Crippen molar-refractivity contribution < 1.29 is 14.6 Å². The number of nitrogens with one attached hydrogen (secondary N) is 1. The molecule has 1 amide bonds. The summed E-state index contributed by atoms with van der Waals surface area (Å²) in [6.07, 6.45) is 3.44. The number of aromatic nitrogens is 1. The van der Waals surface area contributed by atoms with Crippen molar-refractivity contribution in [1.29, 1.82) is 0 Å². The second-order valence-corrected chi connectivity index (χ2v) is 3.63. The fourth-order valence-electron chi connectivity index (χ4n) is 1.42. The third kappa shape index (κ3) is 4.82. The monoisotopic (exact) mass is 238 g/mol. The number of unbranched alkanes of at least 4 members (excludes halogenated alkanes) is 1. The van der Waals surface area contributed by atoms with Gasteiger partial charge in [0.05, 0.1) is 7.11 Å². The number of pyridine rings is 1. The summed E-state index contributed by atoms with van der Waals surface area (Å²) >= 11 is 0. The lowest BCUT2D eigenvalue weighted by Crippen LogP contribution is -2.22. The number of nitrogens with zero attached hydrogens (tertiary/aromatic N) is 1. The summed E-state index contributed by atoms with van der Waals surface area (Å²) in [4.78, 5) is 15.5. The molecule has 0 bridgehead atoms. The van der Waals surface area contributed by atoms with Gasteiger partial charge in [0.25, 0.3) is 0 Å². The van der Waals surface area contributed by atoms with Crippen molar-refractivity contribution in [3.63, 3.8) is 0 Å². The van der Waals surface area contributed by atoms with E-state index < -0.39 is 0 Å². The van der Waals surface area contributed by atoms with E-state index in [1.807, 2.05) is 6.07 Å². The first-order valence-electron chi connectivity index (χ1n) is 5.63. The number of hydrogen-bond donors (Lipinski definition) is 2. The molecule has 0 atom stereocenters. The van der Waals surface area contributed by atoms with Crippen molar-refractivity contribution in [3.05, 3.63) is 23.9 Å². The molecule has 0 radical (unpaired) electrons. The van der Waals surface area contributed by atoms with Gasteiger partial charge in [-0.2, -0.15) is 0 Å². The summed E-state index contributed by atoms with van der Waals surface area (Å²) in [6.45, 7) is 0.540. The summed E-state index contributed by atoms with van der Waals surface area (Å²) < 4.78 is 5.08. The Morgan fingerprint density at radius 2 is 2.35 bits per heavy atom. The van der Waals surface area contributed by atoms with Crippen molar-refractivity contribution >= 4 is 5.91 Å². The highest BCUT2D eigenvalue weighted by atomic mass is 16.5. The third-order valence-electron chi connectivity index (χ3n) is 2.33. The lowest BCUT2D eigenvalue weighted by Gasteiger charge is -2.08. The lowest BCUT2D eigenvalue weighted by molar-refractivity contribution is -0.121. The number of aliphatic hydroxyl groups is 1. The number of methoxy groups -OCH3 is 1. The van der Waals surface area contributed by atoms with Crippen LogP contribution < -0.4 is 10.1 Å². The molecule has 0 aromatic carbocycles. The zero-order valence-corrected chi connectivity index (χ0v) is 9.98. The van der Waals surface area contributed by atoms with Gasteiger partial charge >= 0.3 is 0 Å². The van der Waals surface area contributed by atoms with Crippen LogP contribution in [0.5, 0.6) is 5.88 Å². The second-order valence-electron chi connectivity index (χ2n) is 3.63. The zero-order valence-electron chi connectivity index (χ0n) is 9.98. The average molecular weight is 238 g/mol. The molecule has 0 aliphatic carbocycles. The number of rotatable bonds is 7. The maximum absolute atomic E-state index is 11.4. The number of carbonyl (C=O) groups excluding carboxylic acids is 1. The molecule has 0 aliphatic rings. The van der Waals surface area contributed by atoms with E-state index in [1.165, 1.54) is 0 Å². The molecule has 1 rings (SSSR count). The van der Waals surface area contributed by atoms with Crippen LogP contribution in [0.25, 0.3) is 0 Å². The fourth-order valence-corrected chi connectivity index (χ4v) is 1.42. The molecule has 0 unspecified atom stereocenters. The van der Waals surface area contributed by atoms with Crippen molar-refractivity contribution in [2.24, 2.45) is 0 Å². The molecule has 0 aliphatic heterocycles. The lowest BCUT2D eigenvalue weighted by atomic mass is 10.2. The first-order chi connectivity index (χ1) is 8.27. The van der Waals surface area contributed by atoms with Crippen molar-refractivity contribution in [3.8, 4) is 5.88 Å². The van der Waals surface area contributed by atoms with Crippen LogP contribution >= 0.6 is 0 Å². The third-order valence-corrected chi connectivity index (χ3v) is 2.33. The Morgan fingerprint density at radius 3 is 3.06 bits per heavy atom. The summed E-state index contributed by atoms with van der Waals surface area (Å²) in [5.41, 5.74) is 0.852. The standard InChI is InChI=1S/C12H18N2O3/c1-17-12-10(5-4-7-13-12)9-14-11(16)6-2-3-8-15/h4-5,7,15H,2-3,6,8-9H2,1H3,(H,14,16). The molecule has 17 heavy (non-hydrogen) atoms. The first kappa shape index (κ1) is 13.4. The maximum atomic E-state index is 11.4. The molecule has 5 heteroatoms. The smallest absolute Gasteiger partial charge is 0.220 e. The number of carbonyl (C=O) groups is 1. The molecule has 5 nitrogen and oxygen atoms in total. The van der Waals surface area contributed by atoms with Gasteiger partial charge in [-0.05, 0) is 18.9 Å². The number of aliphatic hydroxyl groups excluding tert-OH is 1. The molecular weight excluding hydrogens is 220 g/mol. The van der Waals surface area contributed by atoms with Crippen molar-refractivity contribution in [2.75, 3.05) is 13.7 Å². The molecule has 1 aromatic rings. The van der Waals surface area contributed by atoms with Crippen molar-refractivity contribution in [2.45, 2.75) is 25.8 Å². The quantitative estimate of drug-likeness (QED) is 0.691. The van der Waals surface area contributed by atoms with E-state index in [4.69, 9.17) is 9.84 Å². The summed E-state index contributed by atoms with van der Waals surface area (Å²) in [7, 11) is 1.55. The van der Waals surface area contributed by atoms with E-state index >= 15 is 0 Å². The molecule has 2 N–H and O–H groups in total. The van der Waals surface area contributed by atoms with Crippen LogP contribution in [0, 0.1) is 0 Å². The van der Waals surface area contributed by atoms with E-state index in [1.54, 1.807) is 19.4 Å². The molecule has 94 valence electrons. The molecule has 0 saturated carbocycles. The Kier molecular flexibility index (Phi) is 6.03. The number of hydrogen-bond acceptors (Lipinski definition) is 4. The molecule has 0 saturated heterocycles. The normalized spacial score (nSPS) is 10.0.